The molecule has 6 nitrogen and oxygen atoms in total. The molecule has 0 saturated carbocycles. The van der Waals surface area contributed by atoms with Crippen LogP contribution in [0.5, 0.6) is 0 Å². The smallest absolute Gasteiger partial charge is 0.429 e. The quantitative estimate of drug-likeness (QED) is 0.488. The molecule has 7 heteroatoms. The Bertz CT molecular complexity index is 522. The molecule has 0 unspecified atom stereocenters. The fourth-order valence-electron chi connectivity index (χ4n) is 1.52. The maximum Gasteiger partial charge on any atom is 0.482 e. The number of benzene rings is 1. The Hall–Kier alpha value is -2.25. The van der Waals surface area contributed by atoms with Gasteiger partial charge in [0.25, 0.3) is 5.69 Å². The Morgan fingerprint density at radius 3 is 2.37 bits per heavy atom. The Kier molecular flexibility index (Phi) is 6.21. The van der Waals surface area contributed by atoms with Crippen LogP contribution in [-0.4, -0.2) is 27.6 Å². The molecule has 1 radical (unpaired) electrons. The van der Waals surface area contributed by atoms with Crippen molar-refractivity contribution in [1.82, 2.24) is 4.98 Å². The van der Waals surface area contributed by atoms with Crippen LogP contribution < -0.4 is 0 Å². The molecule has 0 aliphatic carbocycles. The maximum atomic E-state index is 10.8. The van der Waals surface area contributed by atoms with E-state index in [0.717, 1.165) is 5.56 Å². The van der Waals surface area contributed by atoms with Crippen molar-refractivity contribution >= 4 is 13.4 Å². The highest BCUT2D eigenvalue weighted by atomic mass is 16.6. The average molecular weight is 259 g/mol. The Morgan fingerprint density at radius 2 is 1.79 bits per heavy atom. The zero-order valence-corrected chi connectivity index (χ0v) is 10.0. The van der Waals surface area contributed by atoms with Crippen LogP contribution in [-0.2, 0) is 6.42 Å². The SMILES string of the molecule is O=[N+]([O-])c1cccnc1Cc1ccccc1.O[B]O. The van der Waals surface area contributed by atoms with Crippen LogP contribution in [0.4, 0.5) is 5.69 Å². The summed E-state index contributed by atoms with van der Waals surface area (Å²) in [4.78, 5) is 14.4. The summed E-state index contributed by atoms with van der Waals surface area (Å²) in [7, 11) is 0. The van der Waals surface area contributed by atoms with Gasteiger partial charge in [-0.2, -0.15) is 0 Å². The van der Waals surface area contributed by atoms with Gasteiger partial charge in [-0.05, 0) is 11.6 Å². The molecule has 1 heterocycles. The van der Waals surface area contributed by atoms with Gasteiger partial charge < -0.3 is 10.0 Å². The van der Waals surface area contributed by atoms with Crippen molar-refractivity contribution in [2.24, 2.45) is 0 Å². The van der Waals surface area contributed by atoms with Gasteiger partial charge >= 0.3 is 7.69 Å². The second-order valence-electron chi connectivity index (χ2n) is 3.50. The third-order valence-electron chi connectivity index (χ3n) is 2.28. The van der Waals surface area contributed by atoms with E-state index in [1.165, 1.54) is 6.07 Å². The normalized spacial score (nSPS) is 9.16. The van der Waals surface area contributed by atoms with E-state index in [1.54, 1.807) is 12.3 Å². The minimum Gasteiger partial charge on any atom is -0.429 e. The molecule has 0 aliphatic rings. The first-order chi connectivity index (χ1) is 9.19. The van der Waals surface area contributed by atoms with Gasteiger partial charge in [0.1, 0.15) is 5.69 Å². The standard InChI is InChI=1S/C12H10N2O2.BH2O2/c15-14(16)12-7-4-8-13-11(12)9-10-5-2-1-3-6-10;2-1-3/h1-8H,9H2;2-3H. The summed E-state index contributed by atoms with van der Waals surface area (Å²) in [5.74, 6) is 0. The molecule has 2 N–H and O–H groups in total. The van der Waals surface area contributed by atoms with E-state index in [4.69, 9.17) is 10.0 Å². The highest BCUT2D eigenvalue weighted by Crippen LogP contribution is 2.18. The topological polar surface area (TPSA) is 96.5 Å². The van der Waals surface area contributed by atoms with Crippen molar-refractivity contribution in [3.05, 3.63) is 70.0 Å². The largest absolute Gasteiger partial charge is 0.482 e. The van der Waals surface area contributed by atoms with E-state index in [1.807, 2.05) is 30.3 Å². The third-order valence-corrected chi connectivity index (χ3v) is 2.28. The lowest BCUT2D eigenvalue weighted by Gasteiger charge is -2.01. The lowest BCUT2D eigenvalue weighted by atomic mass is 10.1. The summed E-state index contributed by atoms with van der Waals surface area (Å²) < 4.78 is 0. The van der Waals surface area contributed by atoms with Crippen LogP contribution in [0, 0.1) is 10.1 Å². The number of hydrogen-bond donors (Lipinski definition) is 2. The third kappa shape index (κ3) is 4.86. The van der Waals surface area contributed by atoms with Gasteiger partial charge in [0.15, 0.2) is 0 Å². The number of aromatic nitrogens is 1. The predicted octanol–water partition coefficient (Wildman–Crippen LogP) is 1.09. The van der Waals surface area contributed by atoms with Crippen LogP contribution in [0.1, 0.15) is 11.3 Å². The maximum absolute atomic E-state index is 10.8. The number of nitrogens with zero attached hydrogens (tertiary/aromatic N) is 2. The number of nitro groups is 1. The number of pyridine rings is 1. The minimum absolute atomic E-state index is 0. The molecule has 0 atom stereocenters. The van der Waals surface area contributed by atoms with Crippen molar-refractivity contribution in [3.8, 4) is 0 Å². The predicted molar refractivity (Wildman–Crippen MR) is 70.3 cm³/mol. The molecule has 0 aliphatic heterocycles. The molecule has 19 heavy (non-hydrogen) atoms. The first-order valence-electron chi connectivity index (χ1n) is 5.41. The van der Waals surface area contributed by atoms with Crippen molar-refractivity contribution < 1.29 is 15.0 Å². The molecule has 0 saturated heterocycles. The van der Waals surface area contributed by atoms with Crippen molar-refractivity contribution in [1.29, 1.82) is 0 Å². The zero-order chi connectivity index (χ0) is 14.1. The van der Waals surface area contributed by atoms with Crippen LogP contribution in [0.3, 0.4) is 0 Å². The lowest BCUT2D eigenvalue weighted by molar-refractivity contribution is -0.385. The van der Waals surface area contributed by atoms with Gasteiger partial charge in [0.2, 0.25) is 0 Å². The van der Waals surface area contributed by atoms with E-state index in [-0.39, 0.29) is 13.4 Å². The second-order valence-corrected chi connectivity index (χ2v) is 3.50. The van der Waals surface area contributed by atoms with Crippen LogP contribution >= 0.6 is 0 Å². The van der Waals surface area contributed by atoms with E-state index >= 15 is 0 Å². The molecule has 2 rings (SSSR count). The minimum atomic E-state index is -0.398. The van der Waals surface area contributed by atoms with Gasteiger partial charge in [-0.3, -0.25) is 15.1 Å². The number of rotatable bonds is 3. The lowest BCUT2D eigenvalue weighted by Crippen LogP contribution is -1.98. The number of hydrogen-bond acceptors (Lipinski definition) is 5. The Balaban J connectivity index is 0.000000550. The molecule has 0 bridgehead atoms. The Labute approximate surface area is 110 Å². The fraction of sp³-hybridized carbons (Fsp3) is 0.0833. The molecule has 97 valence electrons. The molecule has 1 aromatic heterocycles. The van der Waals surface area contributed by atoms with Crippen molar-refractivity contribution in [2.75, 3.05) is 0 Å². The molecular formula is C12H12BN2O4. The molecular weight excluding hydrogens is 247 g/mol. The van der Waals surface area contributed by atoms with Crippen LogP contribution in [0.2, 0.25) is 0 Å². The molecule has 2 aromatic rings. The van der Waals surface area contributed by atoms with Gasteiger partial charge in [-0.15, -0.1) is 0 Å². The van der Waals surface area contributed by atoms with Crippen LogP contribution in [0.25, 0.3) is 0 Å². The molecule has 0 fully saturated rings. The zero-order valence-electron chi connectivity index (χ0n) is 10.0. The van der Waals surface area contributed by atoms with E-state index < -0.39 is 4.92 Å². The van der Waals surface area contributed by atoms with Gasteiger partial charge in [0.05, 0.1) is 4.92 Å². The molecule has 0 amide bonds. The van der Waals surface area contributed by atoms with Gasteiger partial charge in [-0.1, -0.05) is 30.3 Å². The summed E-state index contributed by atoms with van der Waals surface area (Å²) in [5, 5.41) is 24.8. The summed E-state index contributed by atoms with van der Waals surface area (Å²) in [5.41, 5.74) is 1.59. The molecule has 0 spiro atoms. The average Bonchev–Trinajstić information content (AvgIpc) is 2.41. The highest BCUT2D eigenvalue weighted by Gasteiger charge is 2.13. The van der Waals surface area contributed by atoms with Gasteiger partial charge in [0, 0.05) is 18.7 Å². The van der Waals surface area contributed by atoms with E-state index in [2.05, 4.69) is 4.98 Å². The van der Waals surface area contributed by atoms with E-state index in [9.17, 15) is 10.1 Å². The summed E-state index contributed by atoms with van der Waals surface area (Å²) in [6.45, 7) is 0. The molecule has 1 aromatic carbocycles. The second kappa shape index (κ2) is 7.96. The first-order valence-corrected chi connectivity index (χ1v) is 5.41. The summed E-state index contributed by atoms with van der Waals surface area (Å²) >= 11 is 0. The first kappa shape index (κ1) is 14.8. The van der Waals surface area contributed by atoms with E-state index in [0.29, 0.717) is 12.1 Å². The summed E-state index contributed by atoms with van der Waals surface area (Å²) in [6.07, 6.45) is 2.06. The highest BCUT2D eigenvalue weighted by molar-refractivity contribution is 6.13. The Morgan fingerprint density at radius 1 is 1.16 bits per heavy atom. The van der Waals surface area contributed by atoms with Crippen molar-refractivity contribution in [3.63, 3.8) is 0 Å². The van der Waals surface area contributed by atoms with Gasteiger partial charge in [-0.25, -0.2) is 0 Å². The van der Waals surface area contributed by atoms with Crippen LogP contribution in [0.15, 0.2) is 48.7 Å². The fourth-order valence-corrected chi connectivity index (χ4v) is 1.52. The summed E-state index contributed by atoms with van der Waals surface area (Å²) in [6, 6.07) is 12.6. The monoisotopic (exact) mass is 259 g/mol. The van der Waals surface area contributed by atoms with Crippen molar-refractivity contribution in [2.45, 2.75) is 6.42 Å².